The van der Waals surface area contributed by atoms with Crippen LogP contribution >= 0.6 is 0 Å². The number of aromatic nitrogens is 1. The molecule has 1 N–H and O–H groups in total. The zero-order valence-corrected chi connectivity index (χ0v) is 14.8. The number of benzene rings is 2. The first kappa shape index (κ1) is 16.8. The SMILES string of the molecule is CC(O)CN(Cc1ccc2c(c1)OCO2)Cc1cccc2cccnc12. The first-order chi connectivity index (χ1) is 12.7. The van der Waals surface area contributed by atoms with Crippen molar-refractivity contribution in [1.82, 2.24) is 9.88 Å². The van der Waals surface area contributed by atoms with Crippen LogP contribution in [0, 0.1) is 0 Å². The highest BCUT2D eigenvalue weighted by Crippen LogP contribution is 2.33. The number of aliphatic hydroxyl groups excluding tert-OH is 1. The third-order valence-corrected chi connectivity index (χ3v) is 4.48. The molecule has 0 radical (unpaired) electrons. The van der Waals surface area contributed by atoms with Crippen LogP contribution in [0.2, 0.25) is 0 Å². The second kappa shape index (κ2) is 7.32. The molecular formula is C21H22N2O3. The summed E-state index contributed by atoms with van der Waals surface area (Å²) in [6.07, 6.45) is 1.41. The van der Waals surface area contributed by atoms with Gasteiger partial charge in [-0.05, 0) is 36.2 Å². The third-order valence-electron chi connectivity index (χ3n) is 4.48. The molecule has 5 nitrogen and oxygen atoms in total. The molecule has 2 heterocycles. The molecule has 0 spiro atoms. The van der Waals surface area contributed by atoms with Crippen LogP contribution in [0.3, 0.4) is 0 Å². The molecule has 1 aliphatic heterocycles. The summed E-state index contributed by atoms with van der Waals surface area (Å²) in [5.41, 5.74) is 3.30. The van der Waals surface area contributed by atoms with Gasteiger partial charge in [0, 0.05) is 31.2 Å². The lowest BCUT2D eigenvalue weighted by molar-refractivity contribution is 0.118. The topological polar surface area (TPSA) is 54.8 Å². The second-order valence-corrected chi connectivity index (χ2v) is 6.70. The molecule has 26 heavy (non-hydrogen) atoms. The maximum Gasteiger partial charge on any atom is 0.231 e. The molecule has 0 amide bonds. The van der Waals surface area contributed by atoms with Crippen molar-refractivity contribution >= 4 is 10.9 Å². The Bertz CT molecular complexity index is 905. The van der Waals surface area contributed by atoms with Gasteiger partial charge in [-0.1, -0.05) is 30.3 Å². The molecule has 5 heteroatoms. The molecule has 4 rings (SSSR count). The van der Waals surface area contributed by atoms with Gasteiger partial charge in [-0.2, -0.15) is 0 Å². The lowest BCUT2D eigenvalue weighted by Crippen LogP contribution is -2.30. The Morgan fingerprint density at radius 2 is 1.92 bits per heavy atom. The van der Waals surface area contributed by atoms with E-state index in [1.165, 1.54) is 0 Å². The van der Waals surface area contributed by atoms with Gasteiger partial charge < -0.3 is 14.6 Å². The van der Waals surface area contributed by atoms with Crippen molar-refractivity contribution in [2.45, 2.75) is 26.1 Å². The maximum absolute atomic E-state index is 9.94. The predicted molar refractivity (Wildman–Crippen MR) is 100 cm³/mol. The summed E-state index contributed by atoms with van der Waals surface area (Å²) < 4.78 is 10.9. The first-order valence-corrected chi connectivity index (χ1v) is 8.80. The van der Waals surface area contributed by atoms with Crippen molar-refractivity contribution < 1.29 is 14.6 Å². The van der Waals surface area contributed by atoms with Crippen LogP contribution in [0.15, 0.2) is 54.7 Å². The largest absolute Gasteiger partial charge is 0.454 e. The fourth-order valence-electron chi connectivity index (χ4n) is 3.39. The fraction of sp³-hybridized carbons (Fsp3) is 0.286. The molecule has 0 fully saturated rings. The molecule has 2 aromatic carbocycles. The highest BCUT2D eigenvalue weighted by molar-refractivity contribution is 5.81. The molecule has 1 aromatic heterocycles. The van der Waals surface area contributed by atoms with E-state index in [2.05, 4.69) is 34.1 Å². The van der Waals surface area contributed by atoms with Gasteiger partial charge >= 0.3 is 0 Å². The Kier molecular flexibility index (Phi) is 4.73. The molecule has 3 aromatic rings. The Labute approximate surface area is 152 Å². The average Bonchev–Trinajstić information content (AvgIpc) is 3.09. The summed E-state index contributed by atoms with van der Waals surface area (Å²) in [6.45, 7) is 4.10. The molecular weight excluding hydrogens is 328 g/mol. The summed E-state index contributed by atoms with van der Waals surface area (Å²) in [5.74, 6) is 1.57. The highest BCUT2D eigenvalue weighted by Gasteiger charge is 2.16. The minimum atomic E-state index is -0.410. The Morgan fingerprint density at radius 1 is 1.08 bits per heavy atom. The van der Waals surface area contributed by atoms with Gasteiger partial charge in [-0.15, -0.1) is 0 Å². The van der Waals surface area contributed by atoms with Crippen LogP contribution in [-0.4, -0.2) is 34.4 Å². The van der Waals surface area contributed by atoms with Crippen LogP contribution < -0.4 is 9.47 Å². The van der Waals surface area contributed by atoms with Gasteiger partial charge in [0.05, 0.1) is 11.6 Å². The zero-order valence-electron chi connectivity index (χ0n) is 14.8. The molecule has 1 atom stereocenters. The number of rotatable bonds is 6. The minimum Gasteiger partial charge on any atom is -0.454 e. The summed E-state index contributed by atoms with van der Waals surface area (Å²) in [5, 5.41) is 11.1. The van der Waals surface area contributed by atoms with Crippen LogP contribution in [0.5, 0.6) is 11.5 Å². The molecule has 1 unspecified atom stereocenters. The molecule has 134 valence electrons. The maximum atomic E-state index is 9.94. The summed E-state index contributed by atoms with van der Waals surface area (Å²) in [7, 11) is 0. The van der Waals surface area contributed by atoms with Gasteiger partial charge in [0.1, 0.15) is 0 Å². The molecule has 0 aliphatic carbocycles. The third kappa shape index (κ3) is 3.64. The van der Waals surface area contributed by atoms with Gasteiger partial charge in [-0.3, -0.25) is 9.88 Å². The van der Waals surface area contributed by atoms with Crippen LogP contribution in [0.25, 0.3) is 10.9 Å². The van der Waals surface area contributed by atoms with Crippen molar-refractivity contribution in [3.8, 4) is 11.5 Å². The van der Waals surface area contributed by atoms with E-state index in [1.54, 1.807) is 0 Å². The number of fused-ring (bicyclic) bond motifs is 2. The van der Waals surface area contributed by atoms with Crippen LogP contribution in [0.1, 0.15) is 18.1 Å². The van der Waals surface area contributed by atoms with Crippen molar-refractivity contribution in [2.24, 2.45) is 0 Å². The first-order valence-electron chi connectivity index (χ1n) is 8.80. The number of hydrogen-bond donors (Lipinski definition) is 1. The van der Waals surface area contributed by atoms with Crippen molar-refractivity contribution in [3.63, 3.8) is 0 Å². The van der Waals surface area contributed by atoms with E-state index in [0.717, 1.165) is 33.5 Å². The van der Waals surface area contributed by atoms with Gasteiger partial charge in [-0.25, -0.2) is 0 Å². The van der Waals surface area contributed by atoms with E-state index < -0.39 is 6.10 Å². The lowest BCUT2D eigenvalue weighted by Gasteiger charge is -2.24. The minimum absolute atomic E-state index is 0.276. The van der Waals surface area contributed by atoms with E-state index in [4.69, 9.17) is 9.47 Å². The molecule has 0 bridgehead atoms. The van der Waals surface area contributed by atoms with E-state index >= 15 is 0 Å². The van der Waals surface area contributed by atoms with Crippen LogP contribution in [-0.2, 0) is 13.1 Å². The highest BCUT2D eigenvalue weighted by atomic mass is 16.7. The number of aliphatic hydroxyl groups is 1. The van der Waals surface area contributed by atoms with Crippen molar-refractivity contribution in [1.29, 1.82) is 0 Å². The molecule has 0 saturated heterocycles. The standard InChI is InChI=1S/C21H22N2O3/c1-15(24)11-23(12-16-7-8-19-20(10-16)26-14-25-19)13-18-5-2-4-17-6-3-9-22-21(17)18/h2-10,15,24H,11-14H2,1H3. The number of ether oxygens (including phenoxy) is 2. The number of pyridine rings is 1. The quantitative estimate of drug-likeness (QED) is 0.739. The fourth-order valence-corrected chi connectivity index (χ4v) is 3.39. The Hall–Kier alpha value is -2.63. The summed E-state index contributed by atoms with van der Waals surface area (Å²) in [6, 6.07) is 16.3. The Balaban J connectivity index is 1.58. The zero-order chi connectivity index (χ0) is 17.9. The summed E-state index contributed by atoms with van der Waals surface area (Å²) >= 11 is 0. The Morgan fingerprint density at radius 3 is 2.81 bits per heavy atom. The van der Waals surface area contributed by atoms with Crippen molar-refractivity contribution in [2.75, 3.05) is 13.3 Å². The summed E-state index contributed by atoms with van der Waals surface area (Å²) in [4.78, 5) is 6.77. The predicted octanol–water partition coefficient (Wildman–Crippen LogP) is 3.35. The number of para-hydroxylation sites is 1. The van der Waals surface area contributed by atoms with E-state index in [1.807, 2.05) is 37.4 Å². The van der Waals surface area contributed by atoms with Crippen molar-refractivity contribution in [3.05, 3.63) is 65.9 Å². The molecule has 1 aliphatic rings. The lowest BCUT2D eigenvalue weighted by atomic mass is 10.1. The number of nitrogens with zero attached hydrogens (tertiary/aromatic N) is 2. The van der Waals surface area contributed by atoms with Gasteiger partial charge in [0.2, 0.25) is 6.79 Å². The number of hydrogen-bond acceptors (Lipinski definition) is 5. The normalized spacial score (nSPS) is 14.1. The van der Waals surface area contributed by atoms with E-state index in [0.29, 0.717) is 19.6 Å². The van der Waals surface area contributed by atoms with Crippen LogP contribution in [0.4, 0.5) is 0 Å². The smallest absolute Gasteiger partial charge is 0.231 e. The monoisotopic (exact) mass is 350 g/mol. The van der Waals surface area contributed by atoms with Gasteiger partial charge in [0.15, 0.2) is 11.5 Å². The second-order valence-electron chi connectivity index (χ2n) is 6.70. The van der Waals surface area contributed by atoms with E-state index in [9.17, 15) is 5.11 Å². The average molecular weight is 350 g/mol. The molecule has 0 saturated carbocycles. The van der Waals surface area contributed by atoms with E-state index in [-0.39, 0.29) is 6.79 Å². The van der Waals surface area contributed by atoms with Gasteiger partial charge in [0.25, 0.3) is 0 Å².